The molecule has 2 N–H and O–H groups in total. The Morgan fingerprint density at radius 1 is 1.10 bits per heavy atom. The Morgan fingerprint density at radius 3 is 2.35 bits per heavy atom. The molecule has 1 aromatic carbocycles. The number of likely N-dealkylation sites (tertiary alicyclic amines) is 1. The van der Waals surface area contributed by atoms with Gasteiger partial charge in [0.25, 0.3) is 0 Å². The number of aromatic hydroxyl groups is 2. The highest BCUT2D eigenvalue weighted by Gasteiger charge is 2.52. The van der Waals surface area contributed by atoms with Gasteiger partial charge in [-0.25, -0.2) is 4.79 Å². The SMILES string of the molecule is CC1(C)OB(c2ccccc2CN2CCCC2C(=O)On2c(O)ccc2O)OC1(C)C. The fraction of sp³-hybridized carbons (Fsp3) is 0.500. The second-order valence-electron chi connectivity index (χ2n) is 9.17. The maximum atomic E-state index is 12.8. The Bertz CT molecular complexity index is 937. The molecule has 4 rings (SSSR count). The lowest BCUT2D eigenvalue weighted by atomic mass is 9.76. The van der Waals surface area contributed by atoms with Crippen molar-refractivity contribution in [2.75, 3.05) is 6.54 Å². The summed E-state index contributed by atoms with van der Waals surface area (Å²) in [7, 11) is -0.483. The summed E-state index contributed by atoms with van der Waals surface area (Å²) >= 11 is 0. The second kappa shape index (κ2) is 7.89. The fourth-order valence-electron chi connectivity index (χ4n) is 4.03. The largest absolute Gasteiger partial charge is 0.495 e. The van der Waals surface area contributed by atoms with Crippen molar-refractivity contribution >= 4 is 18.6 Å². The first-order chi connectivity index (χ1) is 14.6. The molecule has 166 valence electrons. The first kappa shape index (κ1) is 21.7. The number of rotatable bonds is 5. The van der Waals surface area contributed by atoms with Crippen LogP contribution in [0.2, 0.25) is 0 Å². The molecule has 1 unspecified atom stereocenters. The Morgan fingerprint density at radius 2 is 1.71 bits per heavy atom. The van der Waals surface area contributed by atoms with Gasteiger partial charge in [-0.2, -0.15) is 0 Å². The van der Waals surface area contributed by atoms with Gasteiger partial charge in [0.1, 0.15) is 6.04 Å². The molecule has 9 heteroatoms. The van der Waals surface area contributed by atoms with Crippen molar-refractivity contribution < 1.29 is 29.2 Å². The molecule has 31 heavy (non-hydrogen) atoms. The van der Waals surface area contributed by atoms with E-state index < -0.39 is 30.3 Å². The van der Waals surface area contributed by atoms with Gasteiger partial charge >= 0.3 is 13.1 Å². The van der Waals surface area contributed by atoms with E-state index >= 15 is 0 Å². The van der Waals surface area contributed by atoms with Crippen molar-refractivity contribution in [3.05, 3.63) is 42.0 Å². The minimum Gasteiger partial charge on any atom is -0.492 e. The third kappa shape index (κ3) is 4.05. The van der Waals surface area contributed by atoms with Crippen molar-refractivity contribution in [3.8, 4) is 11.8 Å². The van der Waals surface area contributed by atoms with Crippen molar-refractivity contribution in [1.82, 2.24) is 9.63 Å². The lowest BCUT2D eigenvalue weighted by molar-refractivity contribution is -0.150. The van der Waals surface area contributed by atoms with E-state index in [-0.39, 0.29) is 11.8 Å². The normalized spacial score (nSPS) is 22.7. The second-order valence-corrected chi connectivity index (χ2v) is 9.17. The number of carbonyl (C=O) groups excluding carboxylic acids is 1. The molecule has 0 amide bonds. The molecule has 0 spiro atoms. The number of aromatic nitrogens is 1. The van der Waals surface area contributed by atoms with E-state index in [1.54, 1.807) is 0 Å². The molecule has 3 heterocycles. The van der Waals surface area contributed by atoms with Crippen LogP contribution >= 0.6 is 0 Å². The molecular weight excluding hydrogens is 399 g/mol. The summed E-state index contributed by atoms with van der Waals surface area (Å²) < 4.78 is 13.2. The summed E-state index contributed by atoms with van der Waals surface area (Å²) in [5.74, 6) is -1.18. The number of benzene rings is 1. The van der Waals surface area contributed by atoms with Crippen molar-refractivity contribution in [2.45, 2.75) is 64.3 Å². The topological polar surface area (TPSA) is 93.4 Å². The Balaban J connectivity index is 1.51. The van der Waals surface area contributed by atoms with E-state index in [1.807, 2.05) is 56.9 Å². The first-order valence-electron chi connectivity index (χ1n) is 10.6. The van der Waals surface area contributed by atoms with E-state index in [9.17, 15) is 15.0 Å². The lowest BCUT2D eigenvalue weighted by Crippen LogP contribution is -2.43. The average Bonchev–Trinajstić information content (AvgIpc) is 3.34. The van der Waals surface area contributed by atoms with Crippen LogP contribution in [-0.4, -0.2) is 56.7 Å². The maximum Gasteiger partial charge on any atom is 0.495 e. The molecule has 0 saturated carbocycles. The van der Waals surface area contributed by atoms with Crippen LogP contribution in [0.25, 0.3) is 0 Å². The number of hydrogen-bond donors (Lipinski definition) is 2. The fourth-order valence-corrected chi connectivity index (χ4v) is 4.03. The predicted molar refractivity (Wildman–Crippen MR) is 115 cm³/mol. The van der Waals surface area contributed by atoms with Crippen LogP contribution in [0, 0.1) is 0 Å². The summed E-state index contributed by atoms with van der Waals surface area (Å²) in [6, 6.07) is 9.97. The number of hydrogen-bond acceptors (Lipinski definition) is 7. The average molecular weight is 428 g/mol. The molecule has 0 radical (unpaired) electrons. The van der Waals surface area contributed by atoms with Gasteiger partial charge in [-0.3, -0.25) is 4.90 Å². The summed E-state index contributed by atoms with van der Waals surface area (Å²) in [6.07, 6.45) is 1.49. The molecule has 2 aromatic rings. The minimum absolute atomic E-state index is 0.332. The van der Waals surface area contributed by atoms with E-state index in [4.69, 9.17) is 14.1 Å². The van der Waals surface area contributed by atoms with Crippen molar-refractivity contribution in [3.63, 3.8) is 0 Å². The molecule has 1 aromatic heterocycles. The molecule has 2 aliphatic rings. The molecule has 2 fully saturated rings. The van der Waals surface area contributed by atoms with Gasteiger partial charge < -0.3 is 24.4 Å². The van der Waals surface area contributed by atoms with E-state index in [0.717, 1.165) is 28.7 Å². The standard InChI is InChI=1S/C22H29BN2O6/c1-21(2)22(3,4)31-23(30-21)16-9-6-5-8-15(16)14-24-13-7-10-17(24)20(28)29-25-18(26)11-12-19(25)27/h5-6,8-9,11-12,17,26-27H,7,10,13-14H2,1-4H3. The zero-order chi connectivity index (χ0) is 22.4. The van der Waals surface area contributed by atoms with Crippen molar-refractivity contribution in [1.29, 1.82) is 0 Å². The van der Waals surface area contributed by atoms with Gasteiger partial charge in [-0.15, -0.1) is 4.73 Å². The van der Waals surface area contributed by atoms with Crippen LogP contribution in [0.3, 0.4) is 0 Å². The maximum absolute atomic E-state index is 12.8. The van der Waals surface area contributed by atoms with Crippen molar-refractivity contribution in [2.24, 2.45) is 0 Å². The van der Waals surface area contributed by atoms with Crippen LogP contribution in [0.4, 0.5) is 0 Å². The lowest BCUT2D eigenvalue weighted by Gasteiger charge is -2.32. The van der Waals surface area contributed by atoms with Gasteiger partial charge in [-0.05, 0) is 58.1 Å². The quantitative estimate of drug-likeness (QED) is 0.702. The summed E-state index contributed by atoms with van der Waals surface area (Å²) in [5.41, 5.74) is 1.09. The number of carbonyl (C=O) groups is 1. The molecule has 0 aliphatic carbocycles. The summed E-state index contributed by atoms with van der Waals surface area (Å²) in [5, 5.41) is 19.5. The molecule has 1 atom stereocenters. The van der Waals surface area contributed by atoms with Gasteiger partial charge in [0.2, 0.25) is 11.8 Å². The molecule has 8 nitrogen and oxygen atoms in total. The monoisotopic (exact) mass is 428 g/mol. The highest BCUT2D eigenvalue weighted by molar-refractivity contribution is 6.62. The highest BCUT2D eigenvalue weighted by Crippen LogP contribution is 2.37. The van der Waals surface area contributed by atoms with E-state index in [1.165, 1.54) is 12.1 Å². The van der Waals surface area contributed by atoms with Gasteiger partial charge in [0, 0.05) is 18.7 Å². The highest BCUT2D eigenvalue weighted by atomic mass is 16.7. The predicted octanol–water partition coefficient (Wildman–Crippen LogP) is 1.82. The smallest absolute Gasteiger partial charge is 0.492 e. The zero-order valence-electron chi connectivity index (χ0n) is 18.4. The van der Waals surface area contributed by atoms with Crippen LogP contribution in [0.1, 0.15) is 46.1 Å². The van der Waals surface area contributed by atoms with E-state index in [2.05, 4.69) is 0 Å². The molecule has 2 saturated heterocycles. The summed E-state index contributed by atoms with van der Waals surface area (Å²) in [4.78, 5) is 20.1. The van der Waals surface area contributed by atoms with Gasteiger partial charge in [0.05, 0.1) is 11.2 Å². The molecule has 2 aliphatic heterocycles. The third-order valence-corrected chi connectivity index (χ3v) is 6.55. The van der Waals surface area contributed by atoms with Crippen LogP contribution in [-0.2, 0) is 20.6 Å². The molecular formula is C22H29BN2O6. The van der Waals surface area contributed by atoms with Crippen LogP contribution in [0.15, 0.2) is 36.4 Å². The van der Waals surface area contributed by atoms with Gasteiger partial charge in [0.15, 0.2) is 0 Å². The third-order valence-electron chi connectivity index (χ3n) is 6.55. The van der Waals surface area contributed by atoms with Gasteiger partial charge in [-0.1, -0.05) is 24.3 Å². The number of nitrogens with zero attached hydrogens (tertiary/aromatic N) is 2. The first-order valence-corrected chi connectivity index (χ1v) is 10.6. The van der Waals surface area contributed by atoms with Crippen LogP contribution < -0.4 is 10.3 Å². The van der Waals surface area contributed by atoms with Crippen LogP contribution in [0.5, 0.6) is 11.8 Å². The minimum atomic E-state index is -0.521. The molecule has 0 bridgehead atoms. The summed E-state index contributed by atoms with van der Waals surface area (Å²) in [6.45, 7) is 9.36. The zero-order valence-corrected chi connectivity index (χ0v) is 18.4. The Labute approximate surface area is 182 Å². The van der Waals surface area contributed by atoms with E-state index in [0.29, 0.717) is 13.0 Å². The Hall–Kier alpha value is -2.49. The Kier molecular flexibility index (Phi) is 5.53.